The first-order chi connectivity index (χ1) is 9.84. The van der Waals surface area contributed by atoms with Gasteiger partial charge in [-0.3, -0.25) is 0 Å². The quantitative estimate of drug-likeness (QED) is 0.575. The molecular formula is C18H14BN. The standard InChI is InChI=1S/C18H14BN/c19-13-10-11-16-15-8-4-5-9-17(15)20(18(16)12-13)14-6-2-1-3-7-14/h1-11,13H,12H2. The summed E-state index contributed by atoms with van der Waals surface area (Å²) in [6.45, 7) is 0. The Bertz CT molecular complexity index is 799. The van der Waals surface area contributed by atoms with E-state index in [1.165, 1.54) is 27.8 Å². The van der Waals surface area contributed by atoms with Crippen LogP contribution in [0, 0.1) is 0 Å². The van der Waals surface area contributed by atoms with Crippen LogP contribution in [0.15, 0.2) is 60.7 Å². The van der Waals surface area contributed by atoms with Gasteiger partial charge in [0.2, 0.25) is 0 Å². The largest absolute Gasteiger partial charge is 0.313 e. The van der Waals surface area contributed by atoms with E-state index >= 15 is 0 Å². The van der Waals surface area contributed by atoms with Crippen LogP contribution in [0.5, 0.6) is 0 Å². The maximum absolute atomic E-state index is 6.12. The van der Waals surface area contributed by atoms with Gasteiger partial charge in [0.05, 0.1) is 13.4 Å². The lowest BCUT2D eigenvalue weighted by Gasteiger charge is -2.17. The highest BCUT2D eigenvalue weighted by molar-refractivity contribution is 6.14. The van der Waals surface area contributed by atoms with Crippen molar-refractivity contribution < 1.29 is 0 Å². The summed E-state index contributed by atoms with van der Waals surface area (Å²) in [5, 5.41) is 1.30. The van der Waals surface area contributed by atoms with E-state index in [-0.39, 0.29) is 5.82 Å². The minimum atomic E-state index is 0.106. The average Bonchev–Trinajstić information content (AvgIpc) is 2.81. The number of para-hydroxylation sites is 2. The van der Waals surface area contributed by atoms with Gasteiger partial charge in [-0.25, -0.2) is 0 Å². The Morgan fingerprint density at radius 2 is 1.70 bits per heavy atom. The normalized spacial score (nSPS) is 17.3. The molecule has 1 unspecified atom stereocenters. The fourth-order valence-corrected chi connectivity index (χ4v) is 3.09. The molecule has 1 aliphatic carbocycles. The van der Waals surface area contributed by atoms with Crippen LogP contribution in [0.4, 0.5) is 0 Å². The number of hydrogen-bond acceptors (Lipinski definition) is 0. The van der Waals surface area contributed by atoms with Crippen molar-refractivity contribution in [2.45, 2.75) is 12.2 Å². The summed E-state index contributed by atoms with van der Waals surface area (Å²) in [6.07, 6.45) is 5.16. The summed E-state index contributed by atoms with van der Waals surface area (Å²) >= 11 is 0. The van der Waals surface area contributed by atoms with Crippen LogP contribution < -0.4 is 0 Å². The summed E-state index contributed by atoms with van der Waals surface area (Å²) < 4.78 is 2.34. The Labute approximate surface area is 120 Å². The predicted octanol–water partition coefficient (Wildman–Crippen LogP) is 4.16. The molecule has 0 amide bonds. The number of benzene rings is 2. The molecular weight excluding hydrogens is 241 g/mol. The van der Waals surface area contributed by atoms with Crippen molar-refractivity contribution in [1.29, 1.82) is 0 Å². The van der Waals surface area contributed by atoms with Crippen LogP contribution in [-0.2, 0) is 6.42 Å². The fraction of sp³-hybridized carbons (Fsp3) is 0.111. The summed E-state index contributed by atoms with van der Waals surface area (Å²) in [6, 6.07) is 19.1. The third-order valence-corrected chi connectivity index (χ3v) is 3.97. The van der Waals surface area contributed by atoms with Gasteiger partial charge in [0.1, 0.15) is 0 Å². The Morgan fingerprint density at radius 1 is 0.950 bits per heavy atom. The van der Waals surface area contributed by atoms with Crippen LogP contribution >= 0.6 is 0 Å². The molecule has 1 heterocycles. The molecule has 1 aliphatic rings. The molecule has 0 saturated carbocycles. The van der Waals surface area contributed by atoms with Crippen LogP contribution in [-0.4, -0.2) is 12.4 Å². The Kier molecular flexibility index (Phi) is 2.56. The predicted molar refractivity (Wildman–Crippen MR) is 85.5 cm³/mol. The van der Waals surface area contributed by atoms with E-state index in [2.05, 4.69) is 65.3 Å². The Balaban J connectivity index is 2.10. The maximum atomic E-state index is 6.12. The zero-order valence-electron chi connectivity index (χ0n) is 11.2. The van der Waals surface area contributed by atoms with Gasteiger partial charge < -0.3 is 4.57 Å². The molecule has 1 nitrogen and oxygen atoms in total. The average molecular weight is 255 g/mol. The first-order valence-electron chi connectivity index (χ1n) is 6.96. The van der Waals surface area contributed by atoms with Crippen LogP contribution in [0.3, 0.4) is 0 Å². The van der Waals surface area contributed by atoms with E-state index in [0.29, 0.717) is 0 Å². The molecule has 2 heteroatoms. The van der Waals surface area contributed by atoms with Gasteiger partial charge in [-0.05, 0) is 24.6 Å². The highest BCUT2D eigenvalue weighted by Gasteiger charge is 2.20. The van der Waals surface area contributed by atoms with E-state index in [9.17, 15) is 0 Å². The minimum absolute atomic E-state index is 0.106. The SMILES string of the molecule is [B]C1C=Cc2c(n(-c3ccccc3)c3ccccc23)C1. The van der Waals surface area contributed by atoms with Crippen LogP contribution in [0.25, 0.3) is 22.7 Å². The lowest BCUT2D eigenvalue weighted by atomic mass is 9.79. The minimum Gasteiger partial charge on any atom is -0.313 e. The summed E-state index contributed by atoms with van der Waals surface area (Å²) in [7, 11) is 6.12. The number of hydrogen-bond donors (Lipinski definition) is 0. The summed E-state index contributed by atoms with van der Waals surface area (Å²) in [5.74, 6) is 0.106. The number of rotatable bonds is 1. The van der Waals surface area contributed by atoms with Crippen LogP contribution in [0.1, 0.15) is 11.3 Å². The van der Waals surface area contributed by atoms with Gasteiger partial charge in [0.25, 0.3) is 0 Å². The van der Waals surface area contributed by atoms with Crippen molar-refractivity contribution in [1.82, 2.24) is 4.57 Å². The molecule has 2 aromatic carbocycles. The highest BCUT2D eigenvalue weighted by Crippen LogP contribution is 2.35. The molecule has 1 atom stereocenters. The van der Waals surface area contributed by atoms with Crippen molar-refractivity contribution in [2.24, 2.45) is 0 Å². The molecule has 94 valence electrons. The zero-order chi connectivity index (χ0) is 13.5. The molecule has 0 saturated heterocycles. The molecule has 0 aliphatic heterocycles. The monoisotopic (exact) mass is 255 g/mol. The maximum Gasteiger partial charge on any atom is 0.0760 e. The van der Waals surface area contributed by atoms with Crippen molar-refractivity contribution in [3.8, 4) is 5.69 Å². The zero-order valence-corrected chi connectivity index (χ0v) is 11.2. The molecule has 1 aromatic heterocycles. The fourth-order valence-electron chi connectivity index (χ4n) is 3.09. The van der Waals surface area contributed by atoms with Crippen molar-refractivity contribution in [3.63, 3.8) is 0 Å². The van der Waals surface area contributed by atoms with Crippen molar-refractivity contribution >= 4 is 24.8 Å². The van der Waals surface area contributed by atoms with Gasteiger partial charge in [-0.15, -0.1) is 0 Å². The van der Waals surface area contributed by atoms with E-state index in [4.69, 9.17) is 7.85 Å². The number of aromatic nitrogens is 1. The van der Waals surface area contributed by atoms with Crippen molar-refractivity contribution in [2.75, 3.05) is 0 Å². The van der Waals surface area contributed by atoms with E-state index < -0.39 is 0 Å². The first kappa shape index (κ1) is 11.6. The van der Waals surface area contributed by atoms with E-state index in [1.807, 2.05) is 6.07 Å². The third kappa shape index (κ3) is 1.65. The van der Waals surface area contributed by atoms with Gasteiger partial charge in [0.15, 0.2) is 0 Å². The second-order valence-electron chi connectivity index (χ2n) is 5.28. The molecule has 4 rings (SSSR count). The number of allylic oxidation sites excluding steroid dienone is 1. The first-order valence-corrected chi connectivity index (χ1v) is 6.96. The molecule has 0 N–H and O–H groups in total. The Hall–Kier alpha value is -2.22. The van der Waals surface area contributed by atoms with E-state index in [1.54, 1.807) is 0 Å². The molecule has 2 radical (unpaired) electrons. The molecule has 3 aromatic rings. The lowest BCUT2D eigenvalue weighted by Crippen LogP contribution is -2.07. The number of fused-ring (bicyclic) bond motifs is 3. The summed E-state index contributed by atoms with van der Waals surface area (Å²) in [4.78, 5) is 0. The lowest BCUT2D eigenvalue weighted by molar-refractivity contribution is 0.885. The van der Waals surface area contributed by atoms with Crippen LogP contribution in [0.2, 0.25) is 5.82 Å². The van der Waals surface area contributed by atoms with Gasteiger partial charge >= 0.3 is 0 Å². The highest BCUT2D eigenvalue weighted by atomic mass is 15.0. The second kappa shape index (κ2) is 4.41. The third-order valence-electron chi connectivity index (χ3n) is 3.97. The smallest absolute Gasteiger partial charge is 0.0760 e. The molecule has 20 heavy (non-hydrogen) atoms. The molecule has 0 spiro atoms. The molecule has 0 bridgehead atoms. The van der Waals surface area contributed by atoms with Crippen molar-refractivity contribution in [3.05, 3.63) is 71.9 Å². The summed E-state index contributed by atoms with van der Waals surface area (Å²) in [5.41, 5.74) is 5.08. The van der Waals surface area contributed by atoms with E-state index in [0.717, 1.165) is 6.42 Å². The van der Waals surface area contributed by atoms with Gasteiger partial charge in [-0.2, -0.15) is 0 Å². The molecule has 0 fully saturated rings. The topological polar surface area (TPSA) is 4.93 Å². The number of nitrogens with zero attached hydrogens (tertiary/aromatic N) is 1. The Morgan fingerprint density at radius 3 is 2.55 bits per heavy atom. The second-order valence-corrected chi connectivity index (χ2v) is 5.28. The van der Waals surface area contributed by atoms with Gasteiger partial charge in [-0.1, -0.05) is 54.4 Å². The van der Waals surface area contributed by atoms with Gasteiger partial charge in [0, 0.05) is 22.3 Å².